The molecule has 0 saturated carbocycles. The lowest BCUT2D eigenvalue weighted by molar-refractivity contribution is -0.137. The van der Waals surface area contributed by atoms with Gasteiger partial charge < -0.3 is 10.2 Å². The number of carboxylic acid groups (broad SMARTS) is 1. The number of hydrogen-bond acceptors (Lipinski definition) is 2. The molecule has 0 aliphatic heterocycles. The molecule has 17 heavy (non-hydrogen) atoms. The van der Waals surface area contributed by atoms with Crippen LogP contribution in [0.2, 0.25) is 0 Å². The lowest BCUT2D eigenvalue weighted by Crippen LogP contribution is -2.06. The lowest BCUT2D eigenvalue weighted by atomic mass is 10.0. The van der Waals surface area contributed by atoms with Gasteiger partial charge in [-0.15, -0.1) is 0 Å². The van der Waals surface area contributed by atoms with Crippen LogP contribution in [-0.4, -0.2) is 16.2 Å². The molecule has 0 bridgehead atoms. The van der Waals surface area contributed by atoms with Crippen molar-refractivity contribution in [1.29, 1.82) is 0 Å². The molecule has 0 aromatic heterocycles. The predicted molar refractivity (Wildman–Crippen MR) is 52.8 cm³/mol. The Kier molecular flexibility index (Phi) is 4.51. The molecule has 0 aliphatic carbocycles. The number of rotatable bonds is 5. The molecule has 0 aliphatic rings. The summed E-state index contributed by atoms with van der Waals surface area (Å²) in [5.41, 5.74) is -0.628. The molecule has 1 rings (SSSR count). The summed E-state index contributed by atoms with van der Waals surface area (Å²) >= 11 is 0. The number of aliphatic hydroxyl groups excluding tert-OH is 1. The number of carbonyl (C=O) groups is 1. The molecule has 6 heteroatoms. The van der Waals surface area contributed by atoms with Gasteiger partial charge in [0.15, 0.2) is 0 Å². The number of carboxylic acids is 1. The van der Waals surface area contributed by atoms with Crippen molar-refractivity contribution in [2.75, 3.05) is 0 Å². The summed E-state index contributed by atoms with van der Waals surface area (Å²) in [5.74, 6) is -4.48. The SMILES string of the molecule is O=C(O)CCCC(O)c1c(F)cc(F)cc1F. The first-order chi connectivity index (χ1) is 7.91. The molecule has 1 unspecified atom stereocenters. The average molecular weight is 248 g/mol. The van der Waals surface area contributed by atoms with E-state index >= 15 is 0 Å². The van der Waals surface area contributed by atoms with Crippen molar-refractivity contribution >= 4 is 5.97 Å². The van der Waals surface area contributed by atoms with Crippen LogP contribution in [0.4, 0.5) is 13.2 Å². The summed E-state index contributed by atoms with van der Waals surface area (Å²) < 4.78 is 39.0. The van der Waals surface area contributed by atoms with Crippen LogP contribution in [0.25, 0.3) is 0 Å². The molecule has 1 aromatic rings. The van der Waals surface area contributed by atoms with Crippen LogP contribution in [0, 0.1) is 17.5 Å². The Balaban J connectivity index is 2.75. The maximum Gasteiger partial charge on any atom is 0.303 e. The van der Waals surface area contributed by atoms with Crippen LogP contribution < -0.4 is 0 Å². The van der Waals surface area contributed by atoms with Crippen LogP contribution in [0.3, 0.4) is 0 Å². The Morgan fingerprint density at radius 1 is 1.24 bits per heavy atom. The van der Waals surface area contributed by atoms with Gasteiger partial charge in [-0.1, -0.05) is 0 Å². The topological polar surface area (TPSA) is 57.5 Å². The minimum atomic E-state index is -1.48. The van der Waals surface area contributed by atoms with E-state index in [0.717, 1.165) is 0 Å². The fraction of sp³-hybridized carbons (Fsp3) is 0.364. The van der Waals surface area contributed by atoms with E-state index in [1.54, 1.807) is 0 Å². The molecule has 0 heterocycles. The van der Waals surface area contributed by atoms with Gasteiger partial charge in [0, 0.05) is 18.6 Å². The quantitative estimate of drug-likeness (QED) is 0.841. The lowest BCUT2D eigenvalue weighted by Gasteiger charge is -2.12. The molecule has 0 fully saturated rings. The number of aliphatic hydroxyl groups is 1. The second kappa shape index (κ2) is 5.67. The fourth-order valence-corrected chi connectivity index (χ4v) is 1.46. The van der Waals surface area contributed by atoms with Crippen LogP contribution >= 0.6 is 0 Å². The number of benzene rings is 1. The highest BCUT2D eigenvalue weighted by Crippen LogP contribution is 2.25. The summed E-state index contributed by atoms with van der Waals surface area (Å²) in [7, 11) is 0. The zero-order chi connectivity index (χ0) is 13.0. The molecule has 0 spiro atoms. The molecule has 0 amide bonds. The largest absolute Gasteiger partial charge is 0.481 e. The fourth-order valence-electron chi connectivity index (χ4n) is 1.46. The maximum atomic E-state index is 13.2. The van der Waals surface area contributed by atoms with Crippen LogP contribution in [-0.2, 0) is 4.79 Å². The van der Waals surface area contributed by atoms with Crippen LogP contribution in [0.1, 0.15) is 30.9 Å². The van der Waals surface area contributed by atoms with Gasteiger partial charge >= 0.3 is 5.97 Å². The van der Waals surface area contributed by atoms with E-state index in [1.807, 2.05) is 0 Å². The molecule has 0 radical (unpaired) electrons. The van der Waals surface area contributed by atoms with Crippen molar-refractivity contribution in [2.24, 2.45) is 0 Å². The average Bonchev–Trinajstić information content (AvgIpc) is 2.14. The first-order valence-electron chi connectivity index (χ1n) is 4.96. The van der Waals surface area contributed by atoms with E-state index in [4.69, 9.17) is 5.11 Å². The van der Waals surface area contributed by atoms with Crippen LogP contribution in [0.15, 0.2) is 12.1 Å². The monoisotopic (exact) mass is 248 g/mol. The first-order valence-corrected chi connectivity index (χ1v) is 4.96. The Morgan fingerprint density at radius 3 is 2.24 bits per heavy atom. The second-order valence-corrected chi connectivity index (χ2v) is 3.58. The van der Waals surface area contributed by atoms with Gasteiger partial charge in [0.2, 0.25) is 0 Å². The van der Waals surface area contributed by atoms with E-state index in [2.05, 4.69) is 0 Å². The predicted octanol–water partition coefficient (Wildman–Crippen LogP) is 2.39. The second-order valence-electron chi connectivity index (χ2n) is 3.58. The van der Waals surface area contributed by atoms with Gasteiger partial charge in [-0.05, 0) is 12.8 Å². The summed E-state index contributed by atoms with van der Waals surface area (Å²) in [4.78, 5) is 10.2. The van der Waals surface area contributed by atoms with E-state index in [0.29, 0.717) is 12.1 Å². The van der Waals surface area contributed by atoms with Gasteiger partial charge in [0.25, 0.3) is 0 Å². The molecule has 0 saturated heterocycles. The Hall–Kier alpha value is -1.56. The van der Waals surface area contributed by atoms with E-state index < -0.39 is 35.1 Å². The normalized spacial score (nSPS) is 12.5. The van der Waals surface area contributed by atoms with Gasteiger partial charge in [-0.3, -0.25) is 4.79 Å². The third-order valence-electron chi connectivity index (χ3n) is 2.25. The van der Waals surface area contributed by atoms with E-state index in [-0.39, 0.29) is 19.3 Å². The van der Waals surface area contributed by atoms with Gasteiger partial charge in [0.1, 0.15) is 17.5 Å². The molecule has 2 N–H and O–H groups in total. The third kappa shape index (κ3) is 3.74. The summed E-state index contributed by atoms with van der Waals surface area (Å²) in [6.07, 6.45) is -1.71. The van der Waals surface area contributed by atoms with E-state index in [9.17, 15) is 23.1 Å². The summed E-state index contributed by atoms with van der Waals surface area (Å²) in [6.45, 7) is 0. The van der Waals surface area contributed by atoms with Crippen molar-refractivity contribution < 1.29 is 28.2 Å². The summed E-state index contributed by atoms with van der Waals surface area (Å²) in [5, 5.41) is 17.9. The van der Waals surface area contributed by atoms with Crippen molar-refractivity contribution in [3.8, 4) is 0 Å². The van der Waals surface area contributed by atoms with Gasteiger partial charge in [-0.25, -0.2) is 13.2 Å². The number of hydrogen-bond donors (Lipinski definition) is 2. The number of aliphatic carboxylic acids is 1. The molecular weight excluding hydrogens is 237 g/mol. The molecule has 94 valence electrons. The van der Waals surface area contributed by atoms with E-state index in [1.165, 1.54) is 0 Å². The molecule has 3 nitrogen and oxygen atoms in total. The molecular formula is C11H11F3O3. The highest BCUT2D eigenvalue weighted by atomic mass is 19.1. The highest BCUT2D eigenvalue weighted by Gasteiger charge is 2.19. The Morgan fingerprint density at radius 2 is 1.76 bits per heavy atom. The molecule has 1 atom stereocenters. The van der Waals surface area contributed by atoms with Crippen molar-refractivity contribution in [1.82, 2.24) is 0 Å². The summed E-state index contributed by atoms with van der Waals surface area (Å²) in [6, 6.07) is 0.942. The van der Waals surface area contributed by atoms with Gasteiger partial charge in [0.05, 0.1) is 11.7 Å². The van der Waals surface area contributed by atoms with Crippen molar-refractivity contribution in [3.63, 3.8) is 0 Å². The third-order valence-corrected chi connectivity index (χ3v) is 2.25. The van der Waals surface area contributed by atoms with Crippen molar-refractivity contribution in [3.05, 3.63) is 35.1 Å². The smallest absolute Gasteiger partial charge is 0.303 e. The first kappa shape index (κ1) is 13.5. The highest BCUT2D eigenvalue weighted by molar-refractivity contribution is 5.66. The van der Waals surface area contributed by atoms with Crippen molar-refractivity contribution in [2.45, 2.75) is 25.4 Å². The van der Waals surface area contributed by atoms with Crippen LogP contribution in [0.5, 0.6) is 0 Å². The minimum Gasteiger partial charge on any atom is -0.481 e. The minimum absolute atomic E-state index is 0.0761. The molecule has 1 aromatic carbocycles. The van der Waals surface area contributed by atoms with Gasteiger partial charge in [-0.2, -0.15) is 0 Å². The maximum absolute atomic E-state index is 13.2. The zero-order valence-electron chi connectivity index (χ0n) is 8.79. The standard InChI is InChI=1S/C11H11F3O3/c12-6-4-7(13)11(8(14)5-6)9(15)2-1-3-10(16)17/h4-5,9,15H,1-3H2,(H,16,17). The number of halogens is 3. The Bertz CT molecular complexity index is 397. The zero-order valence-corrected chi connectivity index (χ0v) is 8.79. The Labute approximate surface area is 95.5 Å².